The minimum Gasteiger partial charge on any atom is -0.306 e. The molecular formula is C18H20FNO2S. The van der Waals surface area contributed by atoms with Crippen molar-refractivity contribution in [3.63, 3.8) is 0 Å². The van der Waals surface area contributed by atoms with E-state index in [1.54, 1.807) is 12.1 Å². The first kappa shape index (κ1) is 16.1. The maximum Gasteiger partial charge on any atom is 0.206 e. The van der Waals surface area contributed by atoms with Gasteiger partial charge in [0.05, 0.1) is 9.79 Å². The monoisotopic (exact) mass is 333 g/mol. The second kappa shape index (κ2) is 6.06. The van der Waals surface area contributed by atoms with Gasteiger partial charge in [0.2, 0.25) is 9.84 Å². The van der Waals surface area contributed by atoms with Gasteiger partial charge in [0.1, 0.15) is 5.82 Å². The Bertz CT molecular complexity index is 833. The molecule has 3 rings (SSSR count). The summed E-state index contributed by atoms with van der Waals surface area (Å²) < 4.78 is 38.6. The van der Waals surface area contributed by atoms with Crippen molar-refractivity contribution in [1.82, 2.24) is 4.90 Å². The first-order valence-corrected chi connectivity index (χ1v) is 9.16. The average Bonchev–Trinajstić information content (AvgIpc) is 2.93. The van der Waals surface area contributed by atoms with E-state index in [2.05, 4.69) is 11.9 Å². The van der Waals surface area contributed by atoms with Crippen LogP contribution >= 0.6 is 0 Å². The van der Waals surface area contributed by atoms with Gasteiger partial charge in [-0.15, -0.1) is 0 Å². The number of benzene rings is 2. The molecule has 0 N–H and O–H groups in total. The van der Waals surface area contributed by atoms with Crippen molar-refractivity contribution in [2.24, 2.45) is 0 Å². The van der Waals surface area contributed by atoms with Gasteiger partial charge in [-0.3, -0.25) is 0 Å². The van der Waals surface area contributed by atoms with E-state index in [0.717, 1.165) is 31.1 Å². The number of likely N-dealkylation sites (tertiary alicyclic amines) is 1. The van der Waals surface area contributed by atoms with E-state index in [9.17, 15) is 12.8 Å². The molecule has 1 atom stereocenters. The third-order valence-corrected chi connectivity index (χ3v) is 6.24. The van der Waals surface area contributed by atoms with Gasteiger partial charge in [0.15, 0.2) is 0 Å². The maximum absolute atomic E-state index is 13.3. The molecule has 5 heteroatoms. The molecule has 2 aromatic carbocycles. The lowest BCUT2D eigenvalue weighted by Gasteiger charge is -2.15. The summed E-state index contributed by atoms with van der Waals surface area (Å²) >= 11 is 0. The Morgan fingerprint density at radius 3 is 2.48 bits per heavy atom. The summed E-state index contributed by atoms with van der Waals surface area (Å²) in [7, 11) is -1.59. The van der Waals surface area contributed by atoms with Crippen LogP contribution in [0.25, 0.3) is 0 Å². The highest BCUT2D eigenvalue weighted by atomic mass is 32.2. The number of nitrogens with zero attached hydrogens (tertiary/aromatic N) is 1. The van der Waals surface area contributed by atoms with E-state index in [1.165, 1.54) is 23.8 Å². The second-order valence-electron chi connectivity index (χ2n) is 6.23. The highest BCUT2D eigenvalue weighted by Crippen LogP contribution is 2.31. The molecule has 0 unspecified atom stereocenters. The lowest BCUT2D eigenvalue weighted by Crippen LogP contribution is -2.13. The number of rotatable bonds is 3. The van der Waals surface area contributed by atoms with Gasteiger partial charge in [-0.1, -0.05) is 12.1 Å². The quantitative estimate of drug-likeness (QED) is 0.864. The van der Waals surface area contributed by atoms with Crippen molar-refractivity contribution in [2.75, 3.05) is 20.1 Å². The van der Waals surface area contributed by atoms with Crippen LogP contribution in [0.1, 0.15) is 23.5 Å². The lowest BCUT2D eigenvalue weighted by molar-refractivity contribution is 0.411. The van der Waals surface area contributed by atoms with Gasteiger partial charge in [0.25, 0.3) is 0 Å². The van der Waals surface area contributed by atoms with Crippen molar-refractivity contribution in [3.8, 4) is 0 Å². The van der Waals surface area contributed by atoms with Crippen LogP contribution in [0.3, 0.4) is 0 Å². The molecule has 122 valence electrons. The van der Waals surface area contributed by atoms with Crippen LogP contribution in [0.5, 0.6) is 0 Å². The molecular weight excluding hydrogens is 313 g/mol. The topological polar surface area (TPSA) is 37.4 Å². The average molecular weight is 333 g/mol. The summed E-state index contributed by atoms with van der Waals surface area (Å²) in [4.78, 5) is 2.49. The Labute approximate surface area is 136 Å². The van der Waals surface area contributed by atoms with Crippen LogP contribution in [-0.2, 0) is 9.84 Å². The molecule has 0 saturated carbocycles. The second-order valence-corrected chi connectivity index (χ2v) is 8.18. The Hall–Kier alpha value is -1.72. The lowest BCUT2D eigenvalue weighted by atomic mass is 9.94. The minimum absolute atomic E-state index is 0.00903. The van der Waals surface area contributed by atoms with Crippen molar-refractivity contribution in [3.05, 3.63) is 59.4 Å². The Balaban J connectivity index is 1.96. The molecule has 1 aliphatic heterocycles. The zero-order valence-corrected chi connectivity index (χ0v) is 14.1. The third kappa shape index (κ3) is 3.16. The van der Waals surface area contributed by atoms with E-state index in [-0.39, 0.29) is 9.79 Å². The predicted molar refractivity (Wildman–Crippen MR) is 87.9 cm³/mol. The molecule has 0 aliphatic carbocycles. The van der Waals surface area contributed by atoms with Crippen molar-refractivity contribution in [1.29, 1.82) is 0 Å². The molecule has 3 nitrogen and oxygen atoms in total. The van der Waals surface area contributed by atoms with Gasteiger partial charge in [0, 0.05) is 6.54 Å². The zero-order valence-electron chi connectivity index (χ0n) is 13.3. The first-order valence-electron chi connectivity index (χ1n) is 7.67. The number of halogens is 1. The van der Waals surface area contributed by atoms with Gasteiger partial charge in [-0.05, 0) is 74.3 Å². The Morgan fingerprint density at radius 1 is 1.13 bits per heavy atom. The molecule has 0 spiro atoms. The van der Waals surface area contributed by atoms with Gasteiger partial charge in [-0.25, -0.2) is 12.8 Å². The van der Waals surface area contributed by atoms with Crippen LogP contribution in [0.15, 0.2) is 52.3 Å². The molecule has 23 heavy (non-hydrogen) atoms. The van der Waals surface area contributed by atoms with Gasteiger partial charge < -0.3 is 4.90 Å². The normalized spacial score (nSPS) is 19.2. The first-order chi connectivity index (χ1) is 10.9. The number of hydrogen-bond donors (Lipinski definition) is 0. The van der Waals surface area contributed by atoms with E-state index in [0.29, 0.717) is 5.92 Å². The summed E-state index contributed by atoms with van der Waals surface area (Å²) in [6.45, 7) is 4.00. The fourth-order valence-corrected chi connectivity index (χ4v) is 4.61. The fraction of sp³-hybridized carbons (Fsp3) is 0.333. The van der Waals surface area contributed by atoms with E-state index in [4.69, 9.17) is 0 Å². The van der Waals surface area contributed by atoms with Crippen molar-refractivity contribution in [2.45, 2.75) is 29.1 Å². The Morgan fingerprint density at radius 2 is 1.87 bits per heavy atom. The smallest absolute Gasteiger partial charge is 0.206 e. The summed E-state index contributed by atoms with van der Waals surface area (Å²) in [5.74, 6) is -0.0978. The van der Waals surface area contributed by atoms with Gasteiger partial charge in [-0.2, -0.15) is 0 Å². The molecule has 1 aliphatic rings. The van der Waals surface area contributed by atoms with E-state index >= 15 is 0 Å². The summed E-state index contributed by atoms with van der Waals surface area (Å²) in [5, 5.41) is 0. The van der Waals surface area contributed by atoms with Gasteiger partial charge >= 0.3 is 0 Å². The standard InChI is InChI=1S/C18H20FNO2S/c1-13-10-17(6-7-18(13)14-8-9-20(2)12-14)23(21,22)16-5-3-4-15(19)11-16/h3-7,10-11,14H,8-9,12H2,1-2H3/t14-/m0/s1. The van der Waals surface area contributed by atoms with Crippen LogP contribution in [0.2, 0.25) is 0 Å². The van der Waals surface area contributed by atoms with Crippen LogP contribution in [-0.4, -0.2) is 33.5 Å². The zero-order chi connectivity index (χ0) is 16.6. The van der Waals surface area contributed by atoms with Crippen molar-refractivity contribution >= 4 is 9.84 Å². The highest BCUT2D eigenvalue weighted by molar-refractivity contribution is 7.91. The molecule has 1 saturated heterocycles. The Kier molecular flexibility index (Phi) is 4.25. The van der Waals surface area contributed by atoms with Crippen LogP contribution < -0.4 is 0 Å². The number of hydrogen-bond acceptors (Lipinski definition) is 3. The number of sulfone groups is 1. The largest absolute Gasteiger partial charge is 0.306 e. The highest BCUT2D eigenvalue weighted by Gasteiger charge is 2.24. The molecule has 1 fully saturated rings. The molecule has 0 amide bonds. The number of likely N-dealkylation sites (N-methyl/N-ethyl adjacent to an activating group) is 1. The van der Waals surface area contributed by atoms with Crippen molar-refractivity contribution < 1.29 is 12.8 Å². The maximum atomic E-state index is 13.3. The predicted octanol–water partition coefficient (Wildman–Crippen LogP) is 3.39. The molecule has 2 aromatic rings. The summed E-state index contributed by atoms with van der Waals surface area (Å²) in [6, 6.07) is 10.4. The van der Waals surface area contributed by atoms with E-state index < -0.39 is 15.7 Å². The molecule has 0 aromatic heterocycles. The summed E-state index contributed by atoms with van der Waals surface area (Å²) in [6.07, 6.45) is 1.09. The van der Waals surface area contributed by atoms with E-state index in [1.807, 2.05) is 13.0 Å². The fourth-order valence-electron chi connectivity index (χ4n) is 3.23. The third-order valence-electron chi connectivity index (χ3n) is 4.49. The summed E-state index contributed by atoms with van der Waals surface area (Å²) in [5.41, 5.74) is 2.18. The molecule has 1 heterocycles. The van der Waals surface area contributed by atoms with Crippen LogP contribution in [0.4, 0.5) is 4.39 Å². The van der Waals surface area contributed by atoms with Crippen LogP contribution in [0, 0.1) is 12.7 Å². The minimum atomic E-state index is -3.69. The number of aryl methyl sites for hydroxylation is 1. The molecule has 0 radical (unpaired) electrons. The molecule has 0 bridgehead atoms. The SMILES string of the molecule is Cc1cc(S(=O)(=O)c2cccc(F)c2)ccc1[C@H]1CCN(C)C1.